The van der Waals surface area contributed by atoms with Crippen molar-refractivity contribution in [2.24, 2.45) is 0 Å². The van der Waals surface area contributed by atoms with E-state index in [4.69, 9.17) is 9.47 Å². The Morgan fingerprint density at radius 2 is 1.66 bits per heavy atom. The van der Waals surface area contributed by atoms with E-state index in [9.17, 15) is 14.4 Å². The van der Waals surface area contributed by atoms with Crippen LogP contribution in [0.2, 0.25) is 0 Å². The lowest BCUT2D eigenvalue weighted by Gasteiger charge is -2.33. The third kappa shape index (κ3) is 7.01. The number of benzene rings is 2. The van der Waals surface area contributed by atoms with Gasteiger partial charge in [-0.3, -0.25) is 15.0 Å². The Morgan fingerprint density at radius 3 is 2.28 bits per heavy atom. The van der Waals surface area contributed by atoms with Crippen molar-refractivity contribution >= 4 is 23.8 Å². The topological polar surface area (TPSA) is 88.2 Å². The monoisotopic (exact) mass is 439 g/mol. The van der Waals surface area contributed by atoms with Crippen molar-refractivity contribution < 1.29 is 23.9 Å². The molecule has 1 aliphatic heterocycles. The molecule has 0 aromatic heterocycles. The highest BCUT2D eigenvalue weighted by atomic mass is 16.6. The molecule has 3 amide bonds. The number of hydrogen-bond acceptors (Lipinski definition) is 5. The van der Waals surface area contributed by atoms with Gasteiger partial charge in [-0.1, -0.05) is 42.5 Å². The zero-order chi connectivity index (χ0) is 23.1. The highest BCUT2D eigenvalue weighted by Crippen LogP contribution is 2.16. The summed E-state index contributed by atoms with van der Waals surface area (Å²) in [4.78, 5) is 39.8. The van der Waals surface area contributed by atoms with E-state index in [0.29, 0.717) is 25.3 Å². The molecular weight excluding hydrogens is 410 g/mol. The molecule has 2 aromatic carbocycles. The summed E-state index contributed by atoms with van der Waals surface area (Å²) >= 11 is 0. The molecule has 0 spiro atoms. The number of ether oxygens (including phenoxy) is 2. The average Bonchev–Trinajstić information content (AvgIpc) is 2.74. The summed E-state index contributed by atoms with van der Waals surface area (Å²) in [5, 5.41) is 2.68. The van der Waals surface area contributed by atoms with E-state index in [1.54, 1.807) is 37.8 Å². The fourth-order valence-electron chi connectivity index (χ4n) is 3.18. The smallest absolute Gasteiger partial charge is 0.412 e. The van der Waals surface area contributed by atoms with Gasteiger partial charge in [0.2, 0.25) is 5.91 Å². The first-order valence-electron chi connectivity index (χ1n) is 10.5. The van der Waals surface area contributed by atoms with Gasteiger partial charge >= 0.3 is 12.2 Å². The minimum atomic E-state index is -0.569. The molecule has 32 heavy (non-hydrogen) atoms. The van der Waals surface area contributed by atoms with Crippen molar-refractivity contribution in [3.8, 4) is 0 Å². The van der Waals surface area contributed by atoms with Gasteiger partial charge in [0, 0.05) is 25.3 Å². The first-order chi connectivity index (χ1) is 15.2. The van der Waals surface area contributed by atoms with Crippen LogP contribution in [0.15, 0.2) is 54.6 Å². The molecule has 0 radical (unpaired) electrons. The Morgan fingerprint density at radius 1 is 0.969 bits per heavy atom. The molecule has 1 fully saturated rings. The van der Waals surface area contributed by atoms with Crippen LogP contribution in [0.5, 0.6) is 0 Å². The van der Waals surface area contributed by atoms with E-state index in [-0.39, 0.29) is 19.1 Å². The van der Waals surface area contributed by atoms with Crippen molar-refractivity contribution in [3.63, 3.8) is 0 Å². The number of nitrogens with one attached hydrogen (secondary N) is 1. The van der Waals surface area contributed by atoms with E-state index in [0.717, 1.165) is 11.1 Å². The van der Waals surface area contributed by atoms with Crippen molar-refractivity contribution in [2.75, 3.05) is 25.0 Å². The summed E-state index contributed by atoms with van der Waals surface area (Å²) in [5.41, 5.74) is 1.87. The molecule has 1 heterocycles. The molecular formula is C24H29N3O5. The maximum absolute atomic E-state index is 12.5. The Bertz CT molecular complexity index is 938. The summed E-state index contributed by atoms with van der Waals surface area (Å²) in [5.74, 6) is -0.135. The van der Waals surface area contributed by atoms with E-state index in [1.165, 1.54) is 4.90 Å². The van der Waals surface area contributed by atoms with Crippen LogP contribution in [0.3, 0.4) is 0 Å². The molecule has 1 aliphatic rings. The lowest BCUT2D eigenvalue weighted by Crippen LogP contribution is -2.51. The van der Waals surface area contributed by atoms with Gasteiger partial charge in [0.25, 0.3) is 0 Å². The van der Waals surface area contributed by atoms with Gasteiger partial charge in [-0.15, -0.1) is 0 Å². The molecule has 8 nitrogen and oxygen atoms in total. The molecule has 170 valence electrons. The lowest BCUT2D eigenvalue weighted by molar-refractivity contribution is -0.136. The first kappa shape index (κ1) is 23.1. The largest absolute Gasteiger partial charge is 0.445 e. The predicted molar refractivity (Wildman–Crippen MR) is 120 cm³/mol. The predicted octanol–water partition coefficient (Wildman–Crippen LogP) is 4.01. The lowest BCUT2D eigenvalue weighted by atomic mass is 10.1. The highest BCUT2D eigenvalue weighted by Gasteiger charge is 2.28. The van der Waals surface area contributed by atoms with E-state index in [1.807, 2.05) is 42.5 Å². The molecule has 0 bridgehead atoms. The van der Waals surface area contributed by atoms with Crippen LogP contribution >= 0.6 is 0 Å². The normalized spacial score (nSPS) is 14.2. The number of amides is 3. The molecule has 8 heteroatoms. The standard InChI is InChI=1S/C24H29N3O5/c1-24(2,3)32-22(29)25-20-11-9-18(10-12-20)15-26-13-14-27(16-21(26)28)23(30)31-17-19-7-5-4-6-8-19/h4-12H,13-17H2,1-3H3,(H,25,29). The third-order valence-electron chi connectivity index (χ3n) is 4.75. The number of carbonyl (C=O) groups excluding carboxylic acids is 3. The number of piperazine rings is 1. The Kier molecular flexibility index (Phi) is 7.35. The number of nitrogens with zero attached hydrogens (tertiary/aromatic N) is 2. The summed E-state index contributed by atoms with van der Waals surface area (Å²) in [7, 11) is 0. The van der Waals surface area contributed by atoms with Crippen LogP contribution in [-0.4, -0.2) is 53.1 Å². The molecule has 1 saturated heterocycles. The second-order valence-corrected chi connectivity index (χ2v) is 8.60. The van der Waals surface area contributed by atoms with Gasteiger partial charge in [0.1, 0.15) is 18.8 Å². The van der Waals surface area contributed by atoms with Crippen molar-refractivity contribution in [3.05, 3.63) is 65.7 Å². The number of hydrogen-bond donors (Lipinski definition) is 1. The van der Waals surface area contributed by atoms with Gasteiger partial charge in [-0.2, -0.15) is 0 Å². The van der Waals surface area contributed by atoms with Gasteiger partial charge in [0.15, 0.2) is 0 Å². The molecule has 0 saturated carbocycles. The van der Waals surface area contributed by atoms with Crippen LogP contribution in [0.1, 0.15) is 31.9 Å². The third-order valence-corrected chi connectivity index (χ3v) is 4.75. The van der Waals surface area contributed by atoms with Crippen LogP contribution in [0, 0.1) is 0 Å². The van der Waals surface area contributed by atoms with Crippen molar-refractivity contribution in [1.82, 2.24) is 9.80 Å². The van der Waals surface area contributed by atoms with Gasteiger partial charge in [0.05, 0.1) is 0 Å². The molecule has 0 unspecified atom stereocenters. The second kappa shape index (κ2) is 10.2. The van der Waals surface area contributed by atoms with Crippen molar-refractivity contribution in [1.29, 1.82) is 0 Å². The Hall–Kier alpha value is -3.55. The molecule has 1 N–H and O–H groups in total. The number of anilines is 1. The second-order valence-electron chi connectivity index (χ2n) is 8.60. The van der Waals surface area contributed by atoms with Gasteiger partial charge in [-0.05, 0) is 44.0 Å². The zero-order valence-electron chi connectivity index (χ0n) is 18.7. The maximum Gasteiger partial charge on any atom is 0.412 e. The molecule has 2 aromatic rings. The first-order valence-corrected chi connectivity index (χ1v) is 10.5. The quantitative estimate of drug-likeness (QED) is 0.760. The Labute approximate surface area is 188 Å². The van der Waals surface area contributed by atoms with E-state index in [2.05, 4.69) is 5.32 Å². The van der Waals surface area contributed by atoms with Gasteiger partial charge < -0.3 is 14.4 Å². The average molecular weight is 440 g/mol. The molecule has 3 rings (SSSR count). The van der Waals surface area contributed by atoms with Crippen LogP contribution < -0.4 is 5.32 Å². The number of rotatable bonds is 5. The van der Waals surface area contributed by atoms with Gasteiger partial charge in [-0.25, -0.2) is 9.59 Å². The fraction of sp³-hybridized carbons (Fsp3) is 0.375. The van der Waals surface area contributed by atoms with Crippen LogP contribution in [0.4, 0.5) is 15.3 Å². The maximum atomic E-state index is 12.5. The summed E-state index contributed by atoms with van der Waals surface area (Å²) < 4.78 is 10.5. The summed E-state index contributed by atoms with van der Waals surface area (Å²) in [6.45, 7) is 6.84. The fourth-order valence-corrected chi connectivity index (χ4v) is 3.18. The Balaban J connectivity index is 1.46. The SMILES string of the molecule is CC(C)(C)OC(=O)Nc1ccc(CN2CCN(C(=O)OCc3ccccc3)CC2=O)cc1. The minimum absolute atomic E-state index is 0.00803. The number of carbonyl (C=O) groups is 3. The molecule has 0 atom stereocenters. The summed E-state index contributed by atoms with van der Waals surface area (Å²) in [6, 6.07) is 16.6. The van der Waals surface area contributed by atoms with Crippen LogP contribution in [0.25, 0.3) is 0 Å². The van der Waals surface area contributed by atoms with E-state index >= 15 is 0 Å². The zero-order valence-corrected chi connectivity index (χ0v) is 18.7. The van der Waals surface area contributed by atoms with E-state index < -0.39 is 17.8 Å². The molecule has 0 aliphatic carbocycles. The minimum Gasteiger partial charge on any atom is -0.445 e. The van der Waals surface area contributed by atoms with Crippen molar-refractivity contribution in [2.45, 2.75) is 39.5 Å². The summed E-state index contributed by atoms with van der Waals surface area (Å²) in [6.07, 6.45) is -1.00. The highest BCUT2D eigenvalue weighted by molar-refractivity contribution is 5.85. The van der Waals surface area contributed by atoms with Crippen LogP contribution in [-0.2, 0) is 27.4 Å².